The molecule has 10 nitrogen and oxygen atoms in total. The summed E-state index contributed by atoms with van der Waals surface area (Å²) in [4.78, 5) is 51.9. The lowest BCUT2D eigenvalue weighted by Crippen LogP contribution is -2.56. The Morgan fingerprint density at radius 1 is 1.03 bits per heavy atom. The van der Waals surface area contributed by atoms with Crippen LogP contribution in [0.3, 0.4) is 0 Å². The molecule has 4 amide bonds. The Bertz CT molecular complexity index is 1070. The summed E-state index contributed by atoms with van der Waals surface area (Å²) < 4.78 is 0. The molecule has 0 aromatic heterocycles. The molecule has 0 spiro atoms. The van der Waals surface area contributed by atoms with E-state index in [1.165, 1.54) is 11.8 Å². The molecule has 0 saturated carbocycles. The van der Waals surface area contributed by atoms with Crippen LogP contribution in [-0.4, -0.2) is 58.9 Å². The highest BCUT2D eigenvalue weighted by Gasteiger charge is 2.33. The highest BCUT2D eigenvalue weighted by molar-refractivity contribution is 5.93. The molecule has 36 heavy (non-hydrogen) atoms. The molecule has 2 rings (SSSR count). The molecule has 0 saturated heterocycles. The van der Waals surface area contributed by atoms with Gasteiger partial charge in [0, 0.05) is 31.8 Å². The van der Waals surface area contributed by atoms with E-state index in [0.717, 1.165) is 16.3 Å². The van der Waals surface area contributed by atoms with E-state index in [4.69, 9.17) is 16.7 Å². The number of carbonyl (C=O) groups excluding carboxylic acids is 4. The molecule has 0 heterocycles. The van der Waals surface area contributed by atoms with E-state index in [0.29, 0.717) is 6.42 Å². The molecular formula is C26H37N5O5. The van der Waals surface area contributed by atoms with E-state index >= 15 is 0 Å². The summed E-state index contributed by atoms with van der Waals surface area (Å²) in [6.45, 7) is 5.51. The van der Waals surface area contributed by atoms with Crippen LogP contribution in [0.25, 0.3) is 10.8 Å². The number of carbonyl (C=O) groups is 4. The van der Waals surface area contributed by atoms with Crippen LogP contribution >= 0.6 is 0 Å². The van der Waals surface area contributed by atoms with Gasteiger partial charge in [-0.3, -0.25) is 24.4 Å². The number of amides is 4. The van der Waals surface area contributed by atoms with Gasteiger partial charge < -0.3 is 21.7 Å². The van der Waals surface area contributed by atoms with Crippen molar-refractivity contribution in [2.45, 2.75) is 52.1 Å². The fourth-order valence-corrected chi connectivity index (χ4v) is 4.20. The van der Waals surface area contributed by atoms with E-state index in [1.807, 2.05) is 56.3 Å². The van der Waals surface area contributed by atoms with Crippen LogP contribution in [0.5, 0.6) is 0 Å². The number of rotatable bonds is 13. The summed E-state index contributed by atoms with van der Waals surface area (Å²) in [7, 11) is 0. The van der Waals surface area contributed by atoms with Crippen molar-refractivity contribution in [1.82, 2.24) is 15.7 Å². The zero-order chi connectivity index (χ0) is 26.8. The molecular weight excluding hydrogens is 462 g/mol. The monoisotopic (exact) mass is 499 g/mol. The van der Waals surface area contributed by atoms with Crippen LogP contribution < -0.4 is 22.3 Å². The summed E-state index contributed by atoms with van der Waals surface area (Å²) >= 11 is 0. The second-order valence-electron chi connectivity index (χ2n) is 9.41. The molecule has 2 aromatic carbocycles. The summed E-state index contributed by atoms with van der Waals surface area (Å²) in [5.74, 6) is -3.05. The van der Waals surface area contributed by atoms with Gasteiger partial charge in [-0.05, 0) is 35.6 Å². The first-order valence-corrected chi connectivity index (χ1v) is 12.1. The highest BCUT2D eigenvalue weighted by atomic mass is 16.5. The van der Waals surface area contributed by atoms with Gasteiger partial charge in [-0.25, -0.2) is 5.48 Å². The number of nitrogens with one attached hydrogen (secondary N) is 2. The Labute approximate surface area is 211 Å². The molecule has 0 bridgehead atoms. The van der Waals surface area contributed by atoms with Crippen LogP contribution in [-0.2, 0) is 25.6 Å². The van der Waals surface area contributed by atoms with Crippen molar-refractivity contribution in [3.05, 3.63) is 48.0 Å². The normalized spacial score (nSPS) is 13.6. The van der Waals surface area contributed by atoms with E-state index in [-0.39, 0.29) is 31.8 Å². The molecule has 0 radical (unpaired) electrons. The number of primary amides is 1. The van der Waals surface area contributed by atoms with Gasteiger partial charge in [0.25, 0.3) is 0 Å². The van der Waals surface area contributed by atoms with Crippen molar-refractivity contribution >= 4 is 34.4 Å². The van der Waals surface area contributed by atoms with Crippen molar-refractivity contribution in [2.75, 3.05) is 13.1 Å². The Morgan fingerprint density at radius 3 is 2.28 bits per heavy atom. The van der Waals surface area contributed by atoms with Gasteiger partial charge in [-0.2, -0.15) is 0 Å². The SMILES string of the molecule is CC(C)CC(CC(=O)NO)C(=O)N[C@@H](Cc1ccc2ccccc2c1)C(=O)N(CCN)[C@@H](C)C(N)=O. The highest BCUT2D eigenvalue weighted by Crippen LogP contribution is 2.20. The van der Waals surface area contributed by atoms with Gasteiger partial charge in [0.1, 0.15) is 12.1 Å². The average molecular weight is 500 g/mol. The van der Waals surface area contributed by atoms with Crippen molar-refractivity contribution in [2.24, 2.45) is 23.3 Å². The number of hydrogen-bond acceptors (Lipinski definition) is 6. The summed E-state index contributed by atoms with van der Waals surface area (Å²) in [6, 6.07) is 11.6. The molecule has 2 aromatic rings. The van der Waals surface area contributed by atoms with Gasteiger partial charge in [0.2, 0.25) is 23.6 Å². The molecule has 7 N–H and O–H groups in total. The third-order valence-electron chi connectivity index (χ3n) is 6.08. The quantitative estimate of drug-likeness (QED) is 0.204. The van der Waals surface area contributed by atoms with Gasteiger partial charge in [0.05, 0.1) is 0 Å². The first kappa shape index (κ1) is 28.7. The van der Waals surface area contributed by atoms with Gasteiger partial charge in [0.15, 0.2) is 0 Å². The molecule has 1 unspecified atom stereocenters. The Morgan fingerprint density at radius 2 is 1.69 bits per heavy atom. The topological polar surface area (TPSA) is 168 Å². The second-order valence-corrected chi connectivity index (χ2v) is 9.41. The van der Waals surface area contributed by atoms with Crippen molar-refractivity contribution in [3.63, 3.8) is 0 Å². The lowest BCUT2D eigenvalue weighted by Gasteiger charge is -2.32. The molecule has 0 aliphatic rings. The van der Waals surface area contributed by atoms with Crippen LogP contribution in [0.4, 0.5) is 0 Å². The zero-order valence-electron chi connectivity index (χ0n) is 21.1. The van der Waals surface area contributed by atoms with Crippen LogP contribution in [0.1, 0.15) is 39.2 Å². The second kappa shape index (κ2) is 13.6. The maximum Gasteiger partial charge on any atom is 0.246 e. The van der Waals surface area contributed by atoms with Gasteiger partial charge in [-0.1, -0.05) is 56.3 Å². The maximum absolute atomic E-state index is 13.6. The first-order chi connectivity index (χ1) is 17.1. The van der Waals surface area contributed by atoms with Gasteiger partial charge in [-0.15, -0.1) is 0 Å². The molecule has 0 aliphatic heterocycles. The van der Waals surface area contributed by atoms with Crippen LogP contribution in [0.15, 0.2) is 42.5 Å². The van der Waals surface area contributed by atoms with E-state index in [1.54, 1.807) is 5.48 Å². The number of hydroxylamine groups is 1. The van der Waals surface area contributed by atoms with Crippen LogP contribution in [0, 0.1) is 11.8 Å². The number of fused-ring (bicyclic) bond motifs is 1. The summed E-state index contributed by atoms with van der Waals surface area (Å²) in [5, 5.41) is 13.8. The summed E-state index contributed by atoms with van der Waals surface area (Å²) in [6.07, 6.45) is 0.296. The van der Waals surface area contributed by atoms with E-state index in [2.05, 4.69) is 5.32 Å². The van der Waals surface area contributed by atoms with Gasteiger partial charge >= 0.3 is 0 Å². The van der Waals surface area contributed by atoms with E-state index < -0.39 is 41.6 Å². The van der Waals surface area contributed by atoms with Crippen molar-refractivity contribution < 1.29 is 24.4 Å². The standard InChI is InChI=1S/C26H37N5O5/c1-16(2)12-21(15-23(32)30-36)25(34)29-22(26(35)31(11-10-27)17(3)24(28)33)14-18-8-9-19-6-4-5-7-20(19)13-18/h4-9,13,16-17,21-22,36H,10-12,14-15,27H2,1-3H3,(H2,28,33)(H,29,34)(H,30,32)/t17-,21?,22-/m0/s1. The third kappa shape index (κ3) is 8.03. The molecule has 0 aliphatic carbocycles. The Kier molecular flexibility index (Phi) is 10.8. The fourth-order valence-electron chi connectivity index (χ4n) is 4.20. The smallest absolute Gasteiger partial charge is 0.246 e. The predicted molar refractivity (Wildman–Crippen MR) is 136 cm³/mol. The van der Waals surface area contributed by atoms with Crippen molar-refractivity contribution in [3.8, 4) is 0 Å². The number of nitrogens with two attached hydrogens (primary N) is 2. The lowest BCUT2D eigenvalue weighted by atomic mass is 9.92. The average Bonchev–Trinajstić information content (AvgIpc) is 2.85. The molecule has 10 heteroatoms. The Balaban J connectivity index is 2.40. The maximum atomic E-state index is 13.6. The predicted octanol–water partition coefficient (Wildman–Crippen LogP) is 1.09. The minimum absolute atomic E-state index is 0.0787. The number of nitrogens with zero attached hydrogens (tertiary/aromatic N) is 1. The Hall–Kier alpha value is -3.50. The van der Waals surface area contributed by atoms with Crippen molar-refractivity contribution in [1.29, 1.82) is 0 Å². The zero-order valence-corrected chi connectivity index (χ0v) is 21.1. The summed E-state index contributed by atoms with van der Waals surface area (Å²) in [5.41, 5.74) is 13.5. The first-order valence-electron chi connectivity index (χ1n) is 12.1. The number of benzene rings is 2. The minimum atomic E-state index is -1.03. The minimum Gasteiger partial charge on any atom is -0.368 e. The largest absolute Gasteiger partial charge is 0.368 e. The number of hydrogen-bond donors (Lipinski definition) is 5. The molecule has 3 atom stereocenters. The molecule has 0 fully saturated rings. The third-order valence-corrected chi connectivity index (χ3v) is 6.08. The molecule has 196 valence electrons. The van der Waals surface area contributed by atoms with Crippen LogP contribution in [0.2, 0.25) is 0 Å². The van der Waals surface area contributed by atoms with E-state index in [9.17, 15) is 19.2 Å². The lowest BCUT2D eigenvalue weighted by molar-refractivity contribution is -0.143. The fraction of sp³-hybridized carbons (Fsp3) is 0.462.